The fourth-order valence-electron chi connectivity index (χ4n) is 5.46. The molecular weight excluding hydrogens is 418 g/mol. The molecule has 8 heteroatoms. The molecule has 1 saturated carbocycles. The van der Waals surface area contributed by atoms with Gasteiger partial charge in [0, 0.05) is 36.7 Å². The summed E-state index contributed by atoms with van der Waals surface area (Å²) < 4.78 is 1.96. The molecule has 4 rings (SSSR count). The summed E-state index contributed by atoms with van der Waals surface area (Å²) in [4.78, 5) is 40.9. The molecule has 3 unspecified atom stereocenters. The van der Waals surface area contributed by atoms with E-state index in [1.807, 2.05) is 60.8 Å². The molecule has 0 bridgehead atoms. The standard InChI is InChI=1S/C25H35N5O3/c1-14(2)21(28-23(31)15(3)26)25(33)30-12-11-16-9-10-19(22(16)30)27-24(32)18-13-29(4)20-8-6-5-7-17(18)20/h5-8,13-16,19,21-22H,9-12,26H2,1-4H3,(H,27,32)(H,28,31)/t15-,16?,19?,21-,22?/m0/s1. The fraction of sp³-hybridized carbons (Fsp3) is 0.560. The van der Waals surface area contributed by atoms with Crippen LogP contribution in [0.25, 0.3) is 10.9 Å². The van der Waals surface area contributed by atoms with Gasteiger partial charge in [-0.05, 0) is 44.1 Å². The molecule has 8 nitrogen and oxygen atoms in total. The van der Waals surface area contributed by atoms with Crippen LogP contribution in [0.3, 0.4) is 0 Å². The second-order valence-corrected chi connectivity index (χ2v) is 9.92. The Balaban J connectivity index is 1.52. The van der Waals surface area contributed by atoms with Gasteiger partial charge in [-0.25, -0.2) is 0 Å². The minimum absolute atomic E-state index is 0.0510. The lowest BCUT2D eigenvalue weighted by Crippen LogP contribution is -2.58. The third kappa shape index (κ3) is 4.36. The van der Waals surface area contributed by atoms with Gasteiger partial charge in [0.15, 0.2) is 0 Å². The molecule has 1 aromatic carbocycles. The van der Waals surface area contributed by atoms with E-state index in [0.29, 0.717) is 18.0 Å². The van der Waals surface area contributed by atoms with Gasteiger partial charge >= 0.3 is 0 Å². The van der Waals surface area contributed by atoms with E-state index in [4.69, 9.17) is 5.73 Å². The summed E-state index contributed by atoms with van der Waals surface area (Å²) in [6, 6.07) is 6.39. The van der Waals surface area contributed by atoms with Crippen LogP contribution in [-0.4, -0.2) is 57.9 Å². The second-order valence-electron chi connectivity index (χ2n) is 9.92. The van der Waals surface area contributed by atoms with Gasteiger partial charge < -0.3 is 25.8 Å². The maximum Gasteiger partial charge on any atom is 0.253 e. The number of carbonyl (C=O) groups is 3. The SMILES string of the molecule is CC(C)[C@H](NC(=O)[C@H](C)N)C(=O)N1CCC2CCC(NC(=O)c3cn(C)c4ccccc34)C21. The Hall–Kier alpha value is -2.87. The predicted molar refractivity (Wildman–Crippen MR) is 127 cm³/mol. The Morgan fingerprint density at radius 1 is 1.09 bits per heavy atom. The van der Waals surface area contributed by atoms with Gasteiger partial charge in [-0.3, -0.25) is 14.4 Å². The first-order valence-corrected chi connectivity index (χ1v) is 11.9. The number of amides is 3. The molecule has 0 spiro atoms. The summed E-state index contributed by atoms with van der Waals surface area (Å²) in [5.74, 6) is -0.224. The summed E-state index contributed by atoms with van der Waals surface area (Å²) in [5, 5.41) is 6.98. The van der Waals surface area contributed by atoms with Gasteiger partial charge in [-0.2, -0.15) is 0 Å². The molecule has 2 heterocycles. The first-order chi connectivity index (χ1) is 15.7. The number of nitrogens with one attached hydrogen (secondary N) is 2. The molecule has 5 atom stereocenters. The highest BCUT2D eigenvalue weighted by Crippen LogP contribution is 2.39. The normalized spacial score (nSPS) is 24.1. The average Bonchev–Trinajstić information content (AvgIpc) is 3.46. The number of rotatable bonds is 6. The lowest BCUT2D eigenvalue weighted by Gasteiger charge is -2.34. The van der Waals surface area contributed by atoms with Crippen LogP contribution in [0.1, 0.15) is 50.4 Å². The molecule has 1 aliphatic carbocycles. The van der Waals surface area contributed by atoms with Crippen molar-refractivity contribution in [3.63, 3.8) is 0 Å². The van der Waals surface area contributed by atoms with Crippen molar-refractivity contribution in [1.29, 1.82) is 0 Å². The highest BCUT2D eigenvalue weighted by Gasteiger charge is 2.48. The van der Waals surface area contributed by atoms with E-state index in [0.717, 1.165) is 30.2 Å². The lowest BCUT2D eigenvalue weighted by atomic mass is 9.99. The number of aryl methyl sites for hydroxylation is 1. The van der Waals surface area contributed by atoms with Crippen molar-refractivity contribution in [3.05, 3.63) is 36.0 Å². The number of fused-ring (bicyclic) bond motifs is 2. The maximum atomic E-state index is 13.5. The minimum Gasteiger partial charge on any atom is -0.350 e. The van der Waals surface area contributed by atoms with E-state index in [1.54, 1.807) is 6.92 Å². The maximum absolute atomic E-state index is 13.5. The van der Waals surface area contributed by atoms with Crippen LogP contribution in [0, 0.1) is 11.8 Å². The summed E-state index contributed by atoms with van der Waals surface area (Å²) in [6.07, 6.45) is 4.60. The van der Waals surface area contributed by atoms with E-state index in [-0.39, 0.29) is 35.7 Å². The van der Waals surface area contributed by atoms with Crippen LogP contribution >= 0.6 is 0 Å². The zero-order valence-corrected chi connectivity index (χ0v) is 19.9. The van der Waals surface area contributed by atoms with Gasteiger partial charge in [0.25, 0.3) is 5.91 Å². The van der Waals surface area contributed by atoms with Crippen LogP contribution in [0.15, 0.2) is 30.5 Å². The quantitative estimate of drug-likeness (QED) is 0.619. The van der Waals surface area contributed by atoms with E-state index < -0.39 is 12.1 Å². The number of hydrogen-bond acceptors (Lipinski definition) is 4. The van der Waals surface area contributed by atoms with Crippen molar-refractivity contribution in [3.8, 4) is 0 Å². The molecule has 33 heavy (non-hydrogen) atoms. The number of benzene rings is 1. The van der Waals surface area contributed by atoms with Crippen molar-refractivity contribution in [2.75, 3.05) is 6.54 Å². The zero-order valence-electron chi connectivity index (χ0n) is 19.9. The van der Waals surface area contributed by atoms with E-state index in [2.05, 4.69) is 10.6 Å². The molecule has 2 aromatic rings. The largest absolute Gasteiger partial charge is 0.350 e. The van der Waals surface area contributed by atoms with Crippen molar-refractivity contribution < 1.29 is 14.4 Å². The molecule has 0 radical (unpaired) electrons. The highest BCUT2D eigenvalue weighted by molar-refractivity contribution is 6.07. The Morgan fingerprint density at radius 2 is 1.82 bits per heavy atom. The third-order valence-corrected chi connectivity index (χ3v) is 7.23. The number of nitrogens with two attached hydrogens (primary N) is 1. The van der Waals surface area contributed by atoms with Crippen molar-refractivity contribution in [2.45, 2.75) is 64.2 Å². The number of carbonyl (C=O) groups excluding carboxylic acids is 3. The van der Waals surface area contributed by atoms with Crippen LogP contribution < -0.4 is 16.4 Å². The molecule has 2 fully saturated rings. The molecular formula is C25H35N5O3. The van der Waals surface area contributed by atoms with Gasteiger partial charge in [0.1, 0.15) is 6.04 Å². The Morgan fingerprint density at radius 3 is 2.52 bits per heavy atom. The Kier molecular flexibility index (Phi) is 6.47. The van der Waals surface area contributed by atoms with Crippen molar-refractivity contribution in [1.82, 2.24) is 20.1 Å². The molecule has 4 N–H and O–H groups in total. The smallest absolute Gasteiger partial charge is 0.253 e. The van der Waals surface area contributed by atoms with Gasteiger partial charge in [-0.15, -0.1) is 0 Å². The Bertz CT molecular complexity index is 1060. The first kappa shape index (κ1) is 23.3. The minimum atomic E-state index is -0.676. The Labute approximate surface area is 194 Å². The van der Waals surface area contributed by atoms with Gasteiger partial charge in [0.2, 0.25) is 11.8 Å². The average molecular weight is 454 g/mol. The topological polar surface area (TPSA) is 109 Å². The molecule has 178 valence electrons. The summed E-state index contributed by atoms with van der Waals surface area (Å²) >= 11 is 0. The molecule has 3 amide bonds. The lowest BCUT2D eigenvalue weighted by molar-refractivity contribution is -0.139. The number of aromatic nitrogens is 1. The van der Waals surface area contributed by atoms with Crippen molar-refractivity contribution >= 4 is 28.6 Å². The van der Waals surface area contributed by atoms with Crippen molar-refractivity contribution in [2.24, 2.45) is 24.6 Å². The van der Waals surface area contributed by atoms with E-state index >= 15 is 0 Å². The molecule has 1 saturated heterocycles. The van der Waals surface area contributed by atoms with Crippen LogP contribution in [0.2, 0.25) is 0 Å². The number of para-hydroxylation sites is 1. The highest BCUT2D eigenvalue weighted by atomic mass is 16.2. The molecule has 1 aromatic heterocycles. The first-order valence-electron chi connectivity index (χ1n) is 11.9. The van der Waals surface area contributed by atoms with Gasteiger partial charge in [-0.1, -0.05) is 32.0 Å². The summed E-state index contributed by atoms with van der Waals surface area (Å²) in [7, 11) is 1.94. The van der Waals surface area contributed by atoms with Gasteiger partial charge in [0.05, 0.1) is 17.6 Å². The van der Waals surface area contributed by atoms with E-state index in [1.165, 1.54) is 0 Å². The summed E-state index contributed by atoms with van der Waals surface area (Å²) in [6.45, 7) is 6.10. The number of likely N-dealkylation sites (tertiary alicyclic amines) is 1. The predicted octanol–water partition coefficient (Wildman–Crippen LogP) is 1.78. The van der Waals surface area contributed by atoms with Crippen LogP contribution in [0.4, 0.5) is 0 Å². The number of hydrogen-bond donors (Lipinski definition) is 3. The third-order valence-electron chi connectivity index (χ3n) is 7.23. The van der Waals surface area contributed by atoms with E-state index in [9.17, 15) is 14.4 Å². The van der Waals surface area contributed by atoms with Crippen LogP contribution in [-0.2, 0) is 16.6 Å². The zero-order chi connectivity index (χ0) is 23.9. The second kappa shape index (κ2) is 9.17. The fourth-order valence-corrected chi connectivity index (χ4v) is 5.46. The monoisotopic (exact) mass is 453 g/mol. The molecule has 1 aliphatic heterocycles. The van der Waals surface area contributed by atoms with Crippen LogP contribution in [0.5, 0.6) is 0 Å². The summed E-state index contributed by atoms with van der Waals surface area (Å²) in [5.41, 5.74) is 7.37. The number of nitrogens with zero attached hydrogens (tertiary/aromatic N) is 2. The molecule has 2 aliphatic rings.